The molecule has 0 aliphatic carbocycles. The van der Waals surface area contributed by atoms with Crippen molar-refractivity contribution in [2.45, 2.75) is 83.8 Å². The number of carbonyl (C=O) groups excluding carboxylic acids is 1. The first-order valence-electron chi connectivity index (χ1n) is 10.2. The lowest BCUT2D eigenvalue weighted by Crippen LogP contribution is -2.45. The first-order valence-corrected chi connectivity index (χ1v) is 14.2. The van der Waals surface area contributed by atoms with Crippen LogP contribution in [0.2, 0.25) is 18.1 Å². The highest BCUT2D eigenvalue weighted by molar-refractivity contribution is 14.1. The summed E-state index contributed by atoms with van der Waals surface area (Å²) in [6.45, 7) is 17.0. The lowest BCUT2D eigenvalue weighted by molar-refractivity contribution is 0.0173. The number of nitrogens with zero attached hydrogens (tertiary/aromatic N) is 2. The second kappa shape index (κ2) is 9.28. The molecule has 0 saturated carbocycles. The molecule has 30 heavy (non-hydrogen) atoms. The van der Waals surface area contributed by atoms with E-state index in [1.165, 1.54) is 6.20 Å². The number of ether oxygens (including phenoxy) is 2. The van der Waals surface area contributed by atoms with Crippen LogP contribution in [0, 0.1) is 9.52 Å². The predicted molar refractivity (Wildman–Crippen MR) is 126 cm³/mol. The van der Waals surface area contributed by atoms with E-state index in [0.717, 1.165) is 0 Å². The van der Waals surface area contributed by atoms with Gasteiger partial charge in [0.25, 0.3) is 5.95 Å². The second-order valence-electron chi connectivity index (χ2n) is 10.2. The van der Waals surface area contributed by atoms with E-state index in [4.69, 9.17) is 13.9 Å². The van der Waals surface area contributed by atoms with Crippen LogP contribution in [0.3, 0.4) is 0 Å². The fraction of sp³-hybridized carbons (Fsp3) is 0.714. The van der Waals surface area contributed by atoms with Gasteiger partial charge in [-0.15, -0.1) is 0 Å². The zero-order valence-corrected chi connectivity index (χ0v) is 22.4. The molecule has 0 aromatic carbocycles. The van der Waals surface area contributed by atoms with E-state index < -0.39 is 26.0 Å². The van der Waals surface area contributed by atoms with Gasteiger partial charge in [-0.2, -0.15) is 4.39 Å². The third kappa shape index (κ3) is 6.53. The number of amides is 1. The Balaban J connectivity index is 2.17. The van der Waals surface area contributed by atoms with Gasteiger partial charge in [0, 0.05) is 12.7 Å². The van der Waals surface area contributed by atoms with Crippen LogP contribution in [0.1, 0.15) is 48.0 Å². The molecule has 2 atom stereocenters. The van der Waals surface area contributed by atoms with E-state index in [9.17, 15) is 9.18 Å². The highest BCUT2D eigenvalue weighted by atomic mass is 127. The average Bonchev–Trinajstić information content (AvgIpc) is 2.94. The fourth-order valence-corrected chi connectivity index (χ4v) is 4.86. The van der Waals surface area contributed by atoms with E-state index in [1.54, 1.807) is 11.0 Å². The number of rotatable bonds is 5. The Bertz CT molecular complexity index is 744. The summed E-state index contributed by atoms with van der Waals surface area (Å²) in [5.74, 6) is -0.547. The number of likely N-dealkylation sites (tertiary alicyclic amines) is 1. The average molecular weight is 553 g/mol. The summed E-state index contributed by atoms with van der Waals surface area (Å²) < 4.78 is 32.6. The Morgan fingerprint density at radius 2 is 1.93 bits per heavy atom. The molecule has 1 aliphatic rings. The predicted octanol–water partition coefficient (Wildman–Crippen LogP) is 5.60. The summed E-state index contributed by atoms with van der Waals surface area (Å²) in [5.41, 5.74) is -0.605. The maximum absolute atomic E-state index is 14.1. The number of halogens is 2. The summed E-state index contributed by atoms with van der Waals surface area (Å²) in [6.07, 6.45) is 1.50. The number of carbonyl (C=O) groups is 1. The van der Waals surface area contributed by atoms with Crippen LogP contribution in [0.5, 0.6) is 5.75 Å². The zero-order valence-electron chi connectivity index (χ0n) is 19.2. The normalized spacial score (nSPS) is 20.4. The molecule has 0 N–H and O–H groups in total. The molecular formula is C21H34FIN2O4Si. The maximum atomic E-state index is 14.1. The molecular weight excluding hydrogens is 518 g/mol. The van der Waals surface area contributed by atoms with Crippen LogP contribution in [0.15, 0.2) is 12.3 Å². The topological polar surface area (TPSA) is 60.9 Å². The largest absolute Gasteiger partial charge is 0.486 e. The standard InChI is InChI=1S/C21H34FIN2O4Si/c1-20(2,3)28-19(26)25-12-15(29-30(7,8)21(4,5)6)11-14(25)13-27-17-16(23)9-10-24-18(17)22/h9-10,14-15H,11-13H2,1-8H3/t14-,15-/m0/s1. The van der Waals surface area contributed by atoms with Crippen LogP contribution in [0.25, 0.3) is 0 Å². The lowest BCUT2D eigenvalue weighted by Gasteiger charge is -2.38. The molecule has 1 amide bonds. The van der Waals surface area contributed by atoms with Crippen LogP contribution >= 0.6 is 22.6 Å². The summed E-state index contributed by atoms with van der Waals surface area (Å²) in [4.78, 5) is 18.2. The quantitative estimate of drug-likeness (QED) is 0.270. The summed E-state index contributed by atoms with van der Waals surface area (Å²) in [5, 5.41) is 0.0628. The number of hydrogen-bond acceptors (Lipinski definition) is 5. The highest BCUT2D eigenvalue weighted by Gasteiger charge is 2.44. The van der Waals surface area contributed by atoms with Gasteiger partial charge in [0.05, 0.1) is 15.7 Å². The van der Waals surface area contributed by atoms with Gasteiger partial charge in [-0.05, 0) is 74.0 Å². The Labute approximate surface area is 194 Å². The van der Waals surface area contributed by atoms with Crippen molar-refractivity contribution in [2.24, 2.45) is 0 Å². The van der Waals surface area contributed by atoms with Gasteiger partial charge in [0.2, 0.25) is 0 Å². The molecule has 0 radical (unpaired) electrons. The van der Waals surface area contributed by atoms with Gasteiger partial charge >= 0.3 is 6.09 Å². The Morgan fingerprint density at radius 3 is 2.47 bits per heavy atom. The van der Waals surface area contributed by atoms with Crippen LogP contribution < -0.4 is 4.74 Å². The molecule has 0 bridgehead atoms. The molecule has 0 unspecified atom stereocenters. The molecule has 2 rings (SSSR count). The smallest absolute Gasteiger partial charge is 0.410 e. The van der Waals surface area contributed by atoms with Crippen molar-refractivity contribution < 1.29 is 23.1 Å². The zero-order chi connectivity index (χ0) is 22.9. The minimum absolute atomic E-state index is 0.0628. The number of hydrogen-bond donors (Lipinski definition) is 0. The summed E-state index contributed by atoms with van der Waals surface area (Å²) in [7, 11) is -2.01. The maximum Gasteiger partial charge on any atom is 0.410 e. The van der Waals surface area contributed by atoms with Crippen LogP contribution in [-0.2, 0) is 9.16 Å². The fourth-order valence-electron chi connectivity index (χ4n) is 2.96. The second-order valence-corrected chi connectivity index (χ2v) is 16.2. The van der Waals surface area contributed by atoms with Gasteiger partial charge < -0.3 is 13.9 Å². The van der Waals surface area contributed by atoms with Crippen LogP contribution in [-0.4, -0.2) is 55.2 Å². The third-order valence-corrected chi connectivity index (χ3v) is 10.9. The van der Waals surface area contributed by atoms with Gasteiger partial charge in [0.15, 0.2) is 14.1 Å². The van der Waals surface area contributed by atoms with Gasteiger partial charge in [0.1, 0.15) is 12.2 Å². The summed E-state index contributed by atoms with van der Waals surface area (Å²) >= 11 is 2.01. The van der Waals surface area contributed by atoms with Crippen molar-refractivity contribution in [3.8, 4) is 5.75 Å². The van der Waals surface area contributed by atoms with E-state index in [1.807, 2.05) is 43.4 Å². The molecule has 2 heterocycles. The third-order valence-electron chi connectivity index (χ3n) is 5.50. The first kappa shape index (κ1) is 25.3. The van der Waals surface area contributed by atoms with Crippen molar-refractivity contribution in [1.82, 2.24) is 9.88 Å². The van der Waals surface area contributed by atoms with Crippen molar-refractivity contribution in [1.29, 1.82) is 0 Å². The molecule has 1 aromatic heterocycles. The minimum atomic E-state index is -2.01. The first-order chi connectivity index (χ1) is 13.6. The molecule has 170 valence electrons. The summed E-state index contributed by atoms with van der Waals surface area (Å²) in [6, 6.07) is 1.41. The Morgan fingerprint density at radius 1 is 1.30 bits per heavy atom. The lowest BCUT2D eigenvalue weighted by atomic mass is 10.2. The molecule has 1 aromatic rings. The van der Waals surface area contributed by atoms with Crippen LogP contribution in [0.4, 0.5) is 9.18 Å². The Kier molecular flexibility index (Phi) is 7.83. The van der Waals surface area contributed by atoms with Crippen molar-refractivity contribution in [3.63, 3.8) is 0 Å². The molecule has 1 aliphatic heterocycles. The van der Waals surface area contributed by atoms with E-state index in [0.29, 0.717) is 16.5 Å². The Hall–Kier alpha value is -0.943. The SMILES string of the molecule is CC(C)(C)OC(=O)N1C[C@@H](O[Si](C)(C)C(C)(C)C)C[C@H]1COc1c(I)ccnc1F. The van der Waals surface area contributed by atoms with Crippen molar-refractivity contribution in [3.05, 3.63) is 21.8 Å². The van der Waals surface area contributed by atoms with Gasteiger partial charge in [-0.1, -0.05) is 20.8 Å². The van der Waals surface area contributed by atoms with Crippen molar-refractivity contribution >= 4 is 37.0 Å². The molecule has 6 nitrogen and oxygen atoms in total. The number of pyridine rings is 1. The molecule has 1 fully saturated rings. The van der Waals surface area contributed by atoms with Gasteiger partial charge in [-0.3, -0.25) is 4.90 Å². The van der Waals surface area contributed by atoms with E-state index >= 15 is 0 Å². The van der Waals surface area contributed by atoms with Gasteiger partial charge in [-0.25, -0.2) is 9.78 Å². The minimum Gasteiger partial charge on any atom is -0.486 e. The van der Waals surface area contributed by atoms with E-state index in [-0.39, 0.29) is 29.5 Å². The van der Waals surface area contributed by atoms with Crippen molar-refractivity contribution in [2.75, 3.05) is 13.2 Å². The molecule has 9 heteroatoms. The molecule has 1 saturated heterocycles. The van der Waals surface area contributed by atoms with E-state index in [2.05, 4.69) is 38.8 Å². The number of aromatic nitrogens is 1. The monoisotopic (exact) mass is 552 g/mol. The molecule has 0 spiro atoms. The highest BCUT2D eigenvalue weighted by Crippen LogP contribution is 2.39.